The highest BCUT2D eigenvalue weighted by molar-refractivity contribution is 7.90. The number of esters is 1. The van der Waals surface area contributed by atoms with Gasteiger partial charge in [-0.2, -0.15) is 0 Å². The van der Waals surface area contributed by atoms with Gasteiger partial charge in [0.15, 0.2) is 6.61 Å². The van der Waals surface area contributed by atoms with Gasteiger partial charge in [0.05, 0.1) is 16.9 Å². The molecule has 0 aromatic heterocycles. The van der Waals surface area contributed by atoms with Crippen molar-refractivity contribution in [3.05, 3.63) is 35.4 Å². The zero-order valence-electron chi connectivity index (χ0n) is 15.8. The van der Waals surface area contributed by atoms with E-state index in [9.17, 15) is 27.6 Å². The molecule has 1 aliphatic rings. The molecule has 1 aliphatic heterocycles. The Balaban J connectivity index is 2.22. The number of hydrogen-bond acceptors (Lipinski definition) is 7. The van der Waals surface area contributed by atoms with Gasteiger partial charge in [-0.15, -0.1) is 0 Å². The average molecular weight is 410 g/mol. The van der Waals surface area contributed by atoms with E-state index in [0.717, 1.165) is 6.26 Å². The van der Waals surface area contributed by atoms with Gasteiger partial charge in [-0.1, -0.05) is 12.1 Å². The molecule has 0 aliphatic carbocycles. The highest BCUT2D eigenvalue weighted by Crippen LogP contribution is 2.26. The molecule has 0 fully saturated rings. The summed E-state index contributed by atoms with van der Waals surface area (Å²) < 4.78 is 28.0. The number of amides is 3. The lowest BCUT2D eigenvalue weighted by Crippen LogP contribution is -2.47. The van der Waals surface area contributed by atoms with Crippen molar-refractivity contribution < 1.29 is 32.3 Å². The van der Waals surface area contributed by atoms with Crippen LogP contribution in [-0.4, -0.2) is 67.7 Å². The first-order valence-corrected chi connectivity index (χ1v) is 10.7. The summed E-state index contributed by atoms with van der Waals surface area (Å²) in [5.41, 5.74) is 0.254. The Bertz CT molecular complexity index is 873. The molecule has 0 bridgehead atoms. The lowest BCUT2D eigenvalue weighted by atomic mass is 10.1. The standard InChI is InChI=1S/C18H22N2O7S/c1-11(2)19-15(21)10-27-18(24)14(8-9-28(3,25)26)20-16(22)12-6-4-5-7-13(12)17(20)23/h4-7,11,14H,8-10H2,1-3H3,(H,19,21)/t14-/m0/s1. The van der Waals surface area contributed by atoms with Crippen LogP contribution in [0.15, 0.2) is 24.3 Å². The Hall–Kier alpha value is -2.75. The van der Waals surface area contributed by atoms with Crippen molar-refractivity contribution >= 4 is 33.5 Å². The minimum atomic E-state index is -3.47. The summed E-state index contributed by atoms with van der Waals surface area (Å²) in [6, 6.07) is 4.44. The van der Waals surface area contributed by atoms with Crippen LogP contribution in [0.4, 0.5) is 0 Å². The van der Waals surface area contributed by atoms with Crippen molar-refractivity contribution in [2.75, 3.05) is 18.6 Å². The van der Waals surface area contributed by atoms with E-state index in [1.807, 2.05) is 0 Å². The summed E-state index contributed by atoms with van der Waals surface area (Å²) in [6.07, 6.45) is 0.656. The summed E-state index contributed by atoms with van der Waals surface area (Å²) >= 11 is 0. The van der Waals surface area contributed by atoms with Gasteiger partial charge in [0.2, 0.25) is 0 Å². The van der Waals surface area contributed by atoms with Gasteiger partial charge >= 0.3 is 5.97 Å². The maximum Gasteiger partial charge on any atom is 0.329 e. The van der Waals surface area contributed by atoms with Gasteiger partial charge in [-0.05, 0) is 32.4 Å². The number of carbonyl (C=O) groups is 4. The molecule has 0 unspecified atom stereocenters. The van der Waals surface area contributed by atoms with Crippen LogP contribution in [-0.2, 0) is 24.2 Å². The molecule has 1 heterocycles. The summed E-state index contributed by atoms with van der Waals surface area (Å²) in [5, 5.41) is 2.54. The number of imide groups is 1. The summed E-state index contributed by atoms with van der Waals surface area (Å²) in [4.78, 5) is 50.2. The topological polar surface area (TPSA) is 127 Å². The number of benzene rings is 1. The van der Waals surface area contributed by atoms with E-state index in [2.05, 4.69) is 5.32 Å². The van der Waals surface area contributed by atoms with Crippen LogP contribution < -0.4 is 5.32 Å². The summed E-state index contributed by atoms with van der Waals surface area (Å²) in [7, 11) is -3.47. The predicted molar refractivity (Wildman–Crippen MR) is 99.3 cm³/mol. The smallest absolute Gasteiger partial charge is 0.329 e. The highest BCUT2D eigenvalue weighted by Gasteiger charge is 2.43. The fourth-order valence-electron chi connectivity index (χ4n) is 2.77. The first-order valence-electron chi connectivity index (χ1n) is 8.62. The first-order chi connectivity index (χ1) is 13.0. The molecule has 2 rings (SSSR count). The van der Waals surface area contributed by atoms with Crippen LogP contribution >= 0.6 is 0 Å². The van der Waals surface area contributed by atoms with Crippen LogP contribution in [0.25, 0.3) is 0 Å². The quantitative estimate of drug-likeness (QED) is 0.477. The molecule has 9 nitrogen and oxygen atoms in total. The largest absolute Gasteiger partial charge is 0.454 e. The molecular weight excluding hydrogens is 388 g/mol. The van der Waals surface area contributed by atoms with E-state index < -0.39 is 51.9 Å². The zero-order chi connectivity index (χ0) is 21.1. The molecule has 1 atom stereocenters. The first kappa shape index (κ1) is 21.5. The molecule has 0 spiro atoms. The number of rotatable bonds is 8. The van der Waals surface area contributed by atoms with Gasteiger partial charge < -0.3 is 10.1 Å². The Labute approximate surface area is 162 Å². The summed E-state index contributed by atoms with van der Waals surface area (Å²) in [5.74, 6) is -3.41. The van der Waals surface area contributed by atoms with Crippen molar-refractivity contribution in [1.82, 2.24) is 10.2 Å². The monoisotopic (exact) mass is 410 g/mol. The van der Waals surface area contributed by atoms with Crippen LogP contribution in [0, 0.1) is 0 Å². The number of nitrogens with one attached hydrogen (secondary N) is 1. The van der Waals surface area contributed by atoms with Crippen molar-refractivity contribution in [3.8, 4) is 0 Å². The van der Waals surface area contributed by atoms with Gasteiger partial charge in [0.25, 0.3) is 17.7 Å². The third-order valence-corrected chi connectivity index (χ3v) is 4.94. The normalized spacial score (nSPS) is 14.8. The van der Waals surface area contributed by atoms with Crippen molar-refractivity contribution in [2.24, 2.45) is 0 Å². The lowest BCUT2D eigenvalue weighted by Gasteiger charge is -2.24. The second-order valence-corrected chi connectivity index (χ2v) is 9.05. The van der Waals surface area contributed by atoms with Gasteiger partial charge in [-0.25, -0.2) is 13.2 Å². The fourth-order valence-corrected chi connectivity index (χ4v) is 3.42. The van der Waals surface area contributed by atoms with E-state index in [0.29, 0.717) is 4.90 Å². The van der Waals surface area contributed by atoms with Crippen LogP contribution in [0.1, 0.15) is 41.0 Å². The molecule has 0 saturated carbocycles. The average Bonchev–Trinajstić information content (AvgIpc) is 2.84. The van der Waals surface area contributed by atoms with Crippen LogP contribution in [0.5, 0.6) is 0 Å². The van der Waals surface area contributed by atoms with Gasteiger partial charge in [0, 0.05) is 12.3 Å². The predicted octanol–water partition coefficient (Wildman–Crippen LogP) is 0.154. The Morgan fingerprint density at radius 2 is 1.64 bits per heavy atom. The Morgan fingerprint density at radius 3 is 2.11 bits per heavy atom. The minimum Gasteiger partial charge on any atom is -0.454 e. The third-order valence-electron chi connectivity index (χ3n) is 3.97. The van der Waals surface area contributed by atoms with E-state index >= 15 is 0 Å². The molecule has 1 aromatic rings. The molecule has 1 N–H and O–H groups in total. The van der Waals surface area contributed by atoms with Crippen LogP contribution in [0.3, 0.4) is 0 Å². The number of sulfone groups is 1. The van der Waals surface area contributed by atoms with Crippen molar-refractivity contribution in [3.63, 3.8) is 0 Å². The molecule has 1 aromatic carbocycles. The second kappa shape index (κ2) is 8.51. The van der Waals surface area contributed by atoms with Crippen molar-refractivity contribution in [2.45, 2.75) is 32.4 Å². The molecule has 3 amide bonds. The summed E-state index contributed by atoms with van der Waals surface area (Å²) in [6.45, 7) is 2.86. The minimum absolute atomic E-state index is 0.127. The Kier molecular flexibility index (Phi) is 6.55. The SMILES string of the molecule is CC(C)NC(=O)COC(=O)[C@H](CCS(C)(=O)=O)N1C(=O)c2ccccc2C1=O. The molecule has 0 radical (unpaired) electrons. The number of hydrogen-bond donors (Lipinski definition) is 1. The van der Waals surface area contributed by atoms with E-state index in [-0.39, 0.29) is 23.6 Å². The molecule has 10 heteroatoms. The van der Waals surface area contributed by atoms with Crippen molar-refractivity contribution in [1.29, 1.82) is 0 Å². The van der Waals surface area contributed by atoms with Crippen LogP contribution in [0.2, 0.25) is 0 Å². The molecule has 0 saturated heterocycles. The second-order valence-electron chi connectivity index (χ2n) is 6.79. The molecule has 28 heavy (non-hydrogen) atoms. The van der Waals surface area contributed by atoms with E-state index in [1.165, 1.54) is 12.1 Å². The highest BCUT2D eigenvalue weighted by atomic mass is 32.2. The third kappa shape index (κ3) is 5.16. The number of carbonyl (C=O) groups excluding carboxylic acids is 4. The molecular formula is C18H22N2O7S. The number of fused-ring (bicyclic) bond motifs is 1. The zero-order valence-corrected chi connectivity index (χ0v) is 16.6. The lowest BCUT2D eigenvalue weighted by molar-refractivity contribution is -0.152. The van der Waals surface area contributed by atoms with Gasteiger partial charge in [-0.3, -0.25) is 19.3 Å². The maximum absolute atomic E-state index is 12.6. The van der Waals surface area contributed by atoms with E-state index in [1.54, 1.807) is 26.0 Å². The maximum atomic E-state index is 12.6. The number of ether oxygens (including phenoxy) is 1. The molecule has 152 valence electrons. The Morgan fingerprint density at radius 1 is 1.11 bits per heavy atom. The van der Waals surface area contributed by atoms with E-state index in [4.69, 9.17) is 4.74 Å². The fraction of sp³-hybridized carbons (Fsp3) is 0.444. The van der Waals surface area contributed by atoms with Gasteiger partial charge in [0.1, 0.15) is 15.9 Å². The number of nitrogens with zero attached hydrogens (tertiary/aromatic N) is 1.